The minimum Gasteiger partial charge on any atom is -0.310 e. The highest BCUT2D eigenvalue weighted by molar-refractivity contribution is 7.25. The Labute approximate surface area is 335 Å². The molecule has 0 spiro atoms. The molecule has 2 aromatic heterocycles. The molecule has 0 saturated heterocycles. The summed E-state index contributed by atoms with van der Waals surface area (Å²) >= 11 is 1.86. The molecular formula is C54H36N2S. The number of anilines is 3. The predicted molar refractivity (Wildman–Crippen MR) is 245 cm³/mol. The molecule has 0 aliphatic rings. The standard InChI is InChI=1S/C54H36N2S/c1-3-15-37(16-4-1)38-27-30-41(31-28-38)55(42-32-33-47-46-22-10-14-26-53(46)57-54(47)36-42)52-34-29-40(35-48(52)39-17-5-2-6-18-39)43-19-7-11-23-49(43)56-50-24-12-8-20-44(50)45-21-9-13-25-51(45)56/h1-36H. The third-order valence-electron chi connectivity index (χ3n) is 11.2. The number of thiophene rings is 1. The molecule has 57 heavy (non-hydrogen) atoms. The molecule has 2 heterocycles. The first-order chi connectivity index (χ1) is 28.3. The highest BCUT2D eigenvalue weighted by Gasteiger charge is 2.21. The number of rotatable bonds is 7. The number of aromatic nitrogens is 1. The van der Waals surface area contributed by atoms with E-state index >= 15 is 0 Å². The average molecular weight is 745 g/mol. The van der Waals surface area contributed by atoms with Crippen molar-refractivity contribution in [3.05, 3.63) is 218 Å². The summed E-state index contributed by atoms with van der Waals surface area (Å²) in [7, 11) is 0. The van der Waals surface area contributed by atoms with Crippen LogP contribution in [0, 0.1) is 0 Å². The molecule has 0 aliphatic carbocycles. The first-order valence-corrected chi connectivity index (χ1v) is 20.2. The van der Waals surface area contributed by atoms with Crippen molar-refractivity contribution in [2.24, 2.45) is 0 Å². The number of nitrogens with zero attached hydrogens (tertiary/aromatic N) is 2. The van der Waals surface area contributed by atoms with E-state index in [1.807, 2.05) is 11.3 Å². The topological polar surface area (TPSA) is 8.17 Å². The smallest absolute Gasteiger partial charge is 0.0541 e. The lowest BCUT2D eigenvalue weighted by molar-refractivity contribution is 1.18. The quantitative estimate of drug-likeness (QED) is 0.158. The van der Waals surface area contributed by atoms with Gasteiger partial charge in [-0.05, 0) is 82.9 Å². The Morgan fingerprint density at radius 1 is 0.333 bits per heavy atom. The predicted octanol–water partition coefficient (Wildman–Crippen LogP) is 15.6. The van der Waals surface area contributed by atoms with E-state index in [-0.39, 0.29) is 0 Å². The molecular weight excluding hydrogens is 709 g/mol. The van der Waals surface area contributed by atoms with Crippen LogP contribution in [-0.4, -0.2) is 4.57 Å². The summed E-state index contributed by atoms with van der Waals surface area (Å²) in [4.78, 5) is 2.43. The zero-order valence-electron chi connectivity index (χ0n) is 31.1. The molecule has 11 aromatic rings. The van der Waals surface area contributed by atoms with Crippen molar-refractivity contribution in [2.45, 2.75) is 0 Å². The summed E-state index contributed by atoms with van der Waals surface area (Å²) in [5, 5.41) is 5.11. The summed E-state index contributed by atoms with van der Waals surface area (Å²) in [5.74, 6) is 0. The monoisotopic (exact) mass is 744 g/mol. The van der Waals surface area contributed by atoms with E-state index in [2.05, 4.69) is 228 Å². The van der Waals surface area contributed by atoms with Gasteiger partial charge in [-0.1, -0.05) is 158 Å². The molecule has 0 saturated carbocycles. The molecule has 0 fully saturated rings. The molecule has 2 nitrogen and oxygen atoms in total. The number of para-hydroxylation sites is 3. The van der Waals surface area contributed by atoms with Gasteiger partial charge in [0.1, 0.15) is 0 Å². The molecule has 0 N–H and O–H groups in total. The van der Waals surface area contributed by atoms with Crippen LogP contribution in [0.15, 0.2) is 218 Å². The van der Waals surface area contributed by atoms with Crippen LogP contribution in [0.4, 0.5) is 17.1 Å². The zero-order chi connectivity index (χ0) is 37.7. The van der Waals surface area contributed by atoms with Gasteiger partial charge in [0.15, 0.2) is 0 Å². The highest BCUT2D eigenvalue weighted by Crippen LogP contribution is 2.46. The SMILES string of the molecule is c1ccc(-c2ccc(N(c3ccc4c(c3)sc3ccccc34)c3ccc(-c4ccccc4-n4c5ccccc5c5ccccc54)cc3-c3ccccc3)cc2)cc1. The second-order valence-electron chi connectivity index (χ2n) is 14.5. The van der Waals surface area contributed by atoms with E-state index in [4.69, 9.17) is 0 Å². The van der Waals surface area contributed by atoms with E-state index in [9.17, 15) is 0 Å². The lowest BCUT2D eigenvalue weighted by Crippen LogP contribution is -2.11. The van der Waals surface area contributed by atoms with E-state index in [1.165, 1.54) is 58.7 Å². The van der Waals surface area contributed by atoms with Crippen molar-refractivity contribution in [2.75, 3.05) is 4.90 Å². The van der Waals surface area contributed by atoms with Crippen LogP contribution >= 0.6 is 11.3 Å². The summed E-state index contributed by atoms with van der Waals surface area (Å²) in [5.41, 5.74) is 14.0. The Balaban J connectivity index is 1.13. The number of hydrogen-bond acceptors (Lipinski definition) is 2. The lowest BCUT2D eigenvalue weighted by Gasteiger charge is -2.29. The summed E-state index contributed by atoms with van der Waals surface area (Å²) in [6.45, 7) is 0. The van der Waals surface area contributed by atoms with Crippen molar-refractivity contribution in [1.82, 2.24) is 4.57 Å². The van der Waals surface area contributed by atoms with E-state index in [0.717, 1.165) is 39.4 Å². The van der Waals surface area contributed by atoms with Crippen LogP contribution < -0.4 is 4.90 Å². The van der Waals surface area contributed by atoms with Crippen molar-refractivity contribution < 1.29 is 0 Å². The Bertz CT molecular complexity index is 3180. The molecule has 9 aromatic carbocycles. The third-order valence-corrected chi connectivity index (χ3v) is 12.3. The summed E-state index contributed by atoms with van der Waals surface area (Å²) in [6, 6.07) is 79.5. The minimum atomic E-state index is 1.10. The van der Waals surface area contributed by atoms with Crippen LogP contribution in [0.3, 0.4) is 0 Å². The average Bonchev–Trinajstić information content (AvgIpc) is 3.83. The van der Waals surface area contributed by atoms with E-state index in [1.54, 1.807) is 0 Å². The summed E-state index contributed by atoms with van der Waals surface area (Å²) < 4.78 is 5.01. The van der Waals surface area contributed by atoms with Gasteiger partial charge in [0.25, 0.3) is 0 Å². The van der Waals surface area contributed by atoms with Crippen LogP contribution in [-0.2, 0) is 0 Å². The van der Waals surface area contributed by atoms with Crippen molar-refractivity contribution >= 4 is 70.4 Å². The Morgan fingerprint density at radius 2 is 0.877 bits per heavy atom. The molecule has 0 radical (unpaired) electrons. The van der Waals surface area contributed by atoms with E-state index in [0.29, 0.717) is 0 Å². The second kappa shape index (κ2) is 13.8. The fourth-order valence-electron chi connectivity index (χ4n) is 8.56. The van der Waals surface area contributed by atoms with Gasteiger partial charge in [0.05, 0.1) is 22.4 Å². The second-order valence-corrected chi connectivity index (χ2v) is 15.6. The van der Waals surface area contributed by atoms with Gasteiger partial charge in [-0.25, -0.2) is 0 Å². The fourth-order valence-corrected chi connectivity index (χ4v) is 9.70. The largest absolute Gasteiger partial charge is 0.310 e. The van der Waals surface area contributed by atoms with Gasteiger partial charge >= 0.3 is 0 Å². The number of fused-ring (bicyclic) bond motifs is 6. The van der Waals surface area contributed by atoms with Crippen LogP contribution in [0.1, 0.15) is 0 Å². The normalized spacial score (nSPS) is 11.5. The molecule has 0 aliphatic heterocycles. The number of benzene rings is 9. The molecule has 11 rings (SSSR count). The molecule has 0 atom stereocenters. The Kier molecular flexibility index (Phi) is 8.04. The Morgan fingerprint density at radius 3 is 1.61 bits per heavy atom. The van der Waals surface area contributed by atoms with Gasteiger partial charge in [0, 0.05) is 53.4 Å². The maximum Gasteiger partial charge on any atom is 0.0541 e. The molecule has 0 amide bonds. The van der Waals surface area contributed by atoms with Gasteiger partial charge in [-0.3, -0.25) is 0 Å². The Hall–Kier alpha value is -7.20. The van der Waals surface area contributed by atoms with Crippen LogP contribution in [0.2, 0.25) is 0 Å². The first-order valence-electron chi connectivity index (χ1n) is 19.4. The van der Waals surface area contributed by atoms with Crippen LogP contribution in [0.5, 0.6) is 0 Å². The zero-order valence-corrected chi connectivity index (χ0v) is 31.9. The lowest BCUT2D eigenvalue weighted by atomic mass is 9.95. The highest BCUT2D eigenvalue weighted by atomic mass is 32.1. The maximum atomic E-state index is 2.43. The van der Waals surface area contributed by atoms with Gasteiger partial charge in [0.2, 0.25) is 0 Å². The number of hydrogen-bond donors (Lipinski definition) is 0. The molecule has 268 valence electrons. The van der Waals surface area contributed by atoms with Gasteiger partial charge in [-0.15, -0.1) is 11.3 Å². The molecule has 3 heteroatoms. The van der Waals surface area contributed by atoms with Crippen molar-refractivity contribution in [1.29, 1.82) is 0 Å². The minimum absolute atomic E-state index is 1.10. The molecule has 0 bridgehead atoms. The van der Waals surface area contributed by atoms with Gasteiger partial charge < -0.3 is 9.47 Å². The van der Waals surface area contributed by atoms with Crippen molar-refractivity contribution in [3.8, 4) is 39.1 Å². The van der Waals surface area contributed by atoms with Gasteiger partial charge in [-0.2, -0.15) is 0 Å². The fraction of sp³-hybridized carbons (Fsp3) is 0. The third kappa shape index (κ3) is 5.71. The maximum absolute atomic E-state index is 2.43. The first kappa shape index (κ1) is 33.2. The van der Waals surface area contributed by atoms with Crippen LogP contribution in [0.25, 0.3) is 81.0 Å². The van der Waals surface area contributed by atoms with E-state index < -0.39 is 0 Å². The summed E-state index contributed by atoms with van der Waals surface area (Å²) in [6.07, 6.45) is 0. The molecule has 0 unspecified atom stereocenters. The van der Waals surface area contributed by atoms with Crippen molar-refractivity contribution in [3.63, 3.8) is 0 Å².